The zero-order valence-corrected chi connectivity index (χ0v) is 43.7. The van der Waals surface area contributed by atoms with Crippen LogP contribution in [0.15, 0.2) is 189 Å². The van der Waals surface area contributed by atoms with Crippen LogP contribution in [-0.2, 0) is 45.8 Å². The smallest absolute Gasteiger partial charge is 0.132 e. The van der Waals surface area contributed by atoms with E-state index in [-0.39, 0.29) is 31.8 Å². The summed E-state index contributed by atoms with van der Waals surface area (Å²) in [5, 5.41) is 11.1. The van der Waals surface area contributed by atoms with E-state index < -0.39 is 0 Å². The Kier molecular flexibility index (Phi) is 16.7. The molecule has 1 radical (unpaired) electrons. The molecule has 4 aromatic heterocycles. The maximum atomic E-state index is 15.6. The van der Waals surface area contributed by atoms with Crippen molar-refractivity contribution in [3.63, 3.8) is 0 Å². The van der Waals surface area contributed by atoms with Gasteiger partial charge in [0, 0.05) is 62.3 Å². The number of halogens is 1. The third-order valence-electron chi connectivity index (χ3n) is 13.0. The molecule has 1 N–H and O–H groups in total. The van der Waals surface area contributed by atoms with Crippen LogP contribution in [0.25, 0.3) is 66.5 Å². The fraction of sp³-hybridized carbons (Fsp3) is 0.169. The van der Waals surface area contributed by atoms with Gasteiger partial charge in [-0.05, 0) is 135 Å². The second kappa shape index (κ2) is 23.6. The fourth-order valence-electron chi connectivity index (χ4n) is 9.02. The van der Waals surface area contributed by atoms with Gasteiger partial charge in [-0.1, -0.05) is 136 Å². The van der Waals surface area contributed by atoms with Crippen molar-refractivity contribution >= 4 is 10.8 Å². The van der Waals surface area contributed by atoms with Crippen molar-refractivity contribution in [2.75, 3.05) is 0 Å². The molecule has 0 spiro atoms. The number of hydrogen-bond donors (Lipinski definition) is 1. The predicted octanol–water partition coefficient (Wildman–Crippen LogP) is 16.0. The summed E-state index contributed by atoms with van der Waals surface area (Å²) in [4.78, 5) is 18.0. The molecule has 0 unspecified atom stereocenters. The second-order valence-corrected chi connectivity index (χ2v) is 18.8. The van der Waals surface area contributed by atoms with E-state index in [1.807, 2.05) is 92.5 Å². The largest absolute Gasteiger partial charge is 0.536 e. The first-order valence-electron chi connectivity index (χ1n) is 24.5. The summed E-state index contributed by atoms with van der Waals surface area (Å²) in [6.45, 7) is 10.7. The Balaban J connectivity index is 0.000000465. The molecule has 0 aliphatic heterocycles. The Labute approximate surface area is 437 Å². The van der Waals surface area contributed by atoms with Crippen LogP contribution in [-0.4, -0.2) is 25.0 Å². The molecule has 7 heteroatoms. The Morgan fingerprint density at radius 2 is 1.10 bits per heavy atom. The Bertz CT molecular complexity index is 3340. The number of pyridine rings is 4. The Hall–Kier alpha value is -7.44. The van der Waals surface area contributed by atoms with E-state index >= 15 is 4.39 Å². The van der Waals surface area contributed by atoms with Gasteiger partial charge in [-0.15, -0.1) is 65.5 Å². The van der Waals surface area contributed by atoms with Crippen molar-refractivity contribution in [1.29, 1.82) is 0 Å². The molecule has 0 atom stereocenters. The molecule has 0 saturated heterocycles. The van der Waals surface area contributed by atoms with Gasteiger partial charge in [-0.2, -0.15) is 0 Å². The van der Waals surface area contributed by atoms with Crippen LogP contribution in [0.4, 0.5) is 4.39 Å². The van der Waals surface area contributed by atoms with Crippen LogP contribution in [0.1, 0.15) is 78.6 Å². The minimum Gasteiger partial charge on any atom is -0.536 e. The second-order valence-electron chi connectivity index (χ2n) is 18.8. The molecule has 10 aromatic rings. The van der Waals surface area contributed by atoms with E-state index in [0.29, 0.717) is 17.2 Å². The SMILES string of the molecule is CC(C)c1cncc(CCc2cc(CCc3cncc(C(C)C)c3)cc(-c3cc(F)ccc3-c3cnc(-c4[c-]cccc4)cc3-c3ccc(-c4ccccc4)cc3)c2)c1.Cc1cc2ccc[c-]c2c(O)n1.[Ir]. The maximum Gasteiger partial charge on any atom is 0.132 e. The molecule has 4 heterocycles. The monoisotopic (exact) mass is 1120 g/mol. The molecule has 72 heavy (non-hydrogen) atoms. The molecule has 10 rings (SSSR count). The first kappa shape index (κ1) is 50.9. The molecule has 0 saturated carbocycles. The van der Waals surface area contributed by atoms with Gasteiger partial charge >= 0.3 is 0 Å². The van der Waals surface area contributed by atoms with E-state index in [1.165, 1.54) is 33.4 Å². The maximum absolute atomic E-state index is 15.6. The molecule has 0 aliphatic rings. The van der Waals surface area contributed by atoms with Gasteiger partial charge in [0.05, 0.1) is 0 Å². The quantitative estimate of drug-likeness (QED) is 0.117. The van der Waals surface area contributed by atoms with Crippen molar-refractivity contribution in [2.24, 2.45) is 0 Å². The number of aryl methyl sites for hydroxylation is 5. The number of fused-ring (bicyclic) bond motifs is 1. The van der Waals surface area contributed by atoms with E-state index in [9.17, 15) is 5.11 Å². The van der Waals surface area contributed by atoms with E-state index in [1.54, 1.807) is 18.2 Å². The van der Waals surface area contributed by atoms with Crippen LogP contribution < -0.4 is 0 Å². The zero-order chi connectivity index (χ0) is 49.3. The number of nitrogens with zero attached hydrogens (tertiary/aromatic N) is 4. The van der Waals surface area contributed by atoms with Gasteiger partial charge in [0.15, 0.2) is 0 Å². The molecule has 6 aromatic carbocycles. The number of benzene rings is 6. The van der Waals surface area contributed by atoms with Crippen molar-refractivity contribution in [3.05, 3.63) is 246 Å². The fourth-order valence-corrected chi connectivity index (χ4v) is 9.02. The predicted molar refractivity (Wildman–Crippen MR) is 289 cm³/mol. The minimum absolute atomic E-state index is 0. The molecule has 0 amide bonds. The number of rotatable bonds is 13. The van der Waals surface area contributed by atoms with Crippen LogP contribution in [0, 0.1) is 24.9 Å². The third-order valence-corrected chi connectivity index (χ3v) is 13.0. The van der Waals surface area contributed by atoms with Crippen molar-refractivity contribution in [1.82, 2.24) is 19.9 Å². The average Bonchev–Trinajstić information content (AvgIpc) is 3.40. The molecule has 0 fully saturated rings. The third kappa shape index (κ3) is 12.5. The molecule has 0 aliphatic carbocycles. The van der Waals surface area contributed by atoms with E-state index in [2.05, 4.69) is 140 Å². The first-order valence-corrected chi connectivity index (χ1v) is 24.5. The minimum atomic E-state index is -0.277. The summed E-state index contributed by atoms with van der Waals surface area (Å²) in [5.74, 6) is 0.605. The Morgan fingerprint density at radius 3 is 1.74 bits per heavy atom. The first-order chi connectivity index (χ1) is 34.5. The standard InChI is InChI=1S/C55H49FN3.C10H8NO.Ir/c1-37(2)48-28-41(32-57-34-48)17-15-39-25-40(16-18-42-29-49(38(3)4)35-58-33-42)27-47(26-39)52-30-50(56)23-24-51(52)54-36-59-55(46-13-9-6-10-14-46)31-53(54)45-21-19-44(20-22-45)43-11-7-5-8-12-43;1-7-6-8-4-2-3-5-9(8)10(12)11-7;/h5-13,19-38H,15-18H2,1-4H3;2-4,6H,1H3,(H,11,12);/q2*-1;. The van der Waals surface area contributed by atoms with E-state index in [4.69, 9.17) is 4.98 Å². The van der Waals surface area contributed by atoms with Gasteiger partial charge in [0.1, 0.15) is 11.7 Å². The van der Waals surface area contributed by atoms with Crippen LogP contribution >= 0.6 is 0 Å². The van der Waals surface area contributed by atoms with Gasteiger partial charge in [-0.25, -0.2) is 4.39 Å². The Morgan fingerprint density at radius 1 is 0.500 bits per heavy atom. The molecule has 5 nitrogen and oxygen atoms in total. The van der Waals surface area contributed by atoms with Gasteiger partial charge in [-0.3, -0.25) is 15.0 Å². The molecular weight excluding hydrogens is 1060 g/mol. The van der Waals surface area contributed by atoms with Gasteiger partial charge in [0.2, 0.25) is 0 Å². The summed E-state index contributed by atoms with van der Waals surface area (Å²) < 4.78 is 15.6. The number of hydrogen-bond acceptors (Lipinski definition) is 5. The normalized spacial score (nSPS) is 11.1. The average molecular weight is 1120 g/mol. The summed E-state index contributed by atoms with van der Waals surface area (Å²) in [6.07, 6.45) is 13.2. The number of aromatic nitrogens is 4. The van der Waals surface area contributed by atoms with Crippen LogP contribution in [0.3, 0.4) is 0 Å². The zero-order valence-electron chi connectivity index (χ0n) is 41.3. The summed E-state index contributed by atoms with van der Waals surface area (Å²) in [7, 11) is 0. The summed E-state index contributed by atoms with van der Waals surface area (Å²) >= 11 is 0. The van der Waals surface area contributed by atoms with Crippen LogP contribution in [0.2, 0.25) is 0 Å². The summed E-state index contributed by atoms with van der Waals surface area (Å²) in [6, 6.07) is 59.5. The van der Waals surface area contributed by atoms with Gasteiger partial charge < -0.3 is 10.1 Å². The van der Waals surface area contributed by atoms with Crippen molar-refractivity contribution < 1.29 is 29.6 Å². The van der Waals surface area contributed by atoms with Gasteiger partial charge in [0.25, 0.3) is 0 Å². The topological polar surface area (TPSA) is 71.8 Å². The summed E-state index contributed by atoms with van der Waals surface area (Å²) in [5.41, 5.74) is 18.0. The molecule has 0 bridgehead atoms. The molecular formula is C65H57FIrN4O-2. The molecule has 361 valence electrons. The van der Waals surface area contributed by atoms with Crippen molar-refractivity contribution in [2.45, 2.75) is 72.1 Å². The number of aromatic hydroxyl groups is 1. The van der Waals surface area contributed by atoms with Crippen LogP contribution in [0.5, 0.6) is 5.88 Å². The van der Waals surface area contributed by atoms with E-state index in [0.717, 1.165) is 92.5 Å². The van der Waals surface area contributed by atoms with Crippen molar-refractivity contribution in [3.8, 4) is 61.6 Å².